The van der Waals surface area contributed by atoms with Crippen LogP contribution in [0.15, 0.2) is 41.3 Å². The summed E-state index contributed by atoms with van der Waals surface area (Å²) in [5, 5.41) is 18.9. The highest BCUT2D eigenvalue weighted by Crippen LogP contribution is 2.33. The number of oxazole rings is 1. The fourth-order valence-electron chi connectivity index (χ4n) is 4.34. The number of aliphatic hydroxyl groups is 1. The van der Waals surface area contributed by atoms with Crippen molar-refractivity contribution in [1.29, 1.82) is 0 Å². The third kappa shape index (κ3) is 6.04. The van der Waals surface area contributed by atoms with Gasteiger partial charge in [0.25, 0.3) is 0 Å². The number of alkyl carbamates (subject to hydrolysis) is 1. The monoisotopic (exact) mass is 468 g/mol. The number of alkyl halides is 3. The fraction of sp³-hybridized carbons (Fsp3) is 0.545. The molecule has 8 nitrogen and oxygen atoms in total. The number of nitrogens with one attached hydrogen (secondary N) is 3. The molecule has 0 spiro atoms. The molecule has 2 aliphatic heterocycles. The maximum Gasteiger partial charge on any atom is 0.407 e. The molecule has 2 aromatic rings. The van der Waals surface area contributed by atoms with E-state index in [0.29, 0.717) is 25.1 Å². The smallest absolute Gasteiger partial charge is 0.407 e. The second kappa shape index (κ2) is 10.1. The zero-order valence-electron chi connectivity index (χ0n) is 17.8. The first kappa shape index (κ1) is 23.5. The summed E-state index contributed by atoms with van der Waals surface area (Å²) in [6.45, 7) is 0.383. The van der Waals surface area contributed by atoms with Crippen LogP contribution in [-0.4, -0.2) is 66.3 Å². The summed E-state index contributed by atoms with van der Waals surface area (Å²) in [4.78, 5) is 16.1. The lowest BCUT2D eigenvalue weighted by molar-refractivity contribution is -0.169. The summed E-state index contributed by atoms with van der Waals surface area (Å²) in [5.74, 6) is -0.685. The van der Waals surface area contributed by atoms with E-state index >= 15 is 0 Å². The molecule has 4 N–H and O–H groups in total. The van der Waals surface area contributed by atoms with Gasteiger partial charge < -0.3 is 30.2 Å². The lowest BCUT2D eigenvalue weighted by Crippen LogP contribution is -2.42. The van der Waals surface area contributed by atoms with Crippen molar-refractivity contribution in [2.24, 2.45) is 5.92 Å². The van der Waals surface area contributed by atoms with E-state index < -0.39 is 30.4 Å². The number of aliphatic hydroxyl groups excluding tert-OH is 1. The Hall–Kier alpha value is -2.63. The van der Waals surface area contributed by atoms with Crippen LogP contribution in [0.2, 0.25) is 0 Å². The average Bonchev–Trinajstić information content (AvgIpc) is 3.52. The molecule has 180 valence electrons. The second-order valence-electron chi connectivity index (χ2n) is 8.51. The van der Waals surface area contributed by atoms with E-state index in [4.69, 9.17) is 9.15 Å². The number of nitrogens with zero attached hydrogens (tertiary/aromatic N) is 1. The molecular formula is C22H27F3N4O4. The maximum absolute atomic E-state index is 12.8. The zero-order valence-corrected chi connectivity index (χ0v) is 17.8. The number of amides is 1. The first-order valence-electron chi connectivity index (χ1n) is 10.9. The summed E-state index contributed by atoms with van der Waals surface area (Å²) >= 11 is 0. The number of aromatic nitrogens is 1. The van der Waals surface area contributed by atoms with Crippen LogP contribution in [-0.2, 0) is 11.2 Å². The molecule has 4 rings (SSSR count). The van der Waals surface area contributed by atoms with E-state index in [1.807, 2.05) is 24.3 Å². The Morgan fingerprint density at radius 1 is 1.24 bits per heavy atom. The molecule has 2 fully saturated rings. The van der Waals surface area contributed by atoms with Crippen LogP contribution in [0.4, 0.5) is 18.0 Å². The largest absolute Gasteiger partial charge is 0.444 e. The number of benzene rings is 1. The predicted molar refractivity (Wildman–Crippen MR) is 112 cm³/mol. The number of hydrogen-bond donors (Lipinski definition) is 4. The second-order valence-corrected chi connectivity index (χ2v) is 8.51. The highest BCUT2D eigenvalue weighted by atomic mass is 19.4. The third-order valence-electron chi connectivity index (χ3n) is 6.18. The Morgan fingerprint density at radius 3 is 2.70 bits per heavy atom. The van der Waals surface area contributed by atoms with Crippen molar-refractivity contribution in [3.05, 3.63) is 42.4 Å². The van der Waals surface area contributed by atoms with Gasteiger partial charge in [0.2, 0.25) is 0 Å². The van der Waals surface area contributed by atoms with Crippen molar-refractivity contribution in [3.63, 3.8) is 0 Å². The molecule has 2 aliphatic rings. The molecule has 0 radical (unpaired) electrons. The van der Waals surface area contributed by atoms with Gasteiger partial charge in [-0.2, -0.15) is 13.2 Å². The van der Waals surface area contributed by atoms with Crippen LogP contribution in [0.25, 0.3) is 11.3 Å². The summed E-state index contributed by atoms with van der Waals surface area (Å²) < 4.78 is 49.0. The Kier molecular flexibility index (Phi) is 7.20. The van der Waals surface area contributed by atoms with Crippen LogP contribution in [0.5, 0.6) is 0 Å². The number of rotatable bonds is 7. The van der Waals surface area contributed by atoms with Gasteiger partial charge in [0.15, 0.2) is 12.2 Å². The van der Waals surface area contributed by atoms with Crippen molar-refractivity contribution in [3.8, 4) is 11.3 Å². The number of ether oxygens (including phenoxy) is 1. The molecule has 1 amide bonds. The van der Waals surface area contributed by atoms with Gasteiger partial charge in [-0.25, -0.2) is 9.78 Å². The van der Waals surface area contributed by atoms with E-state index in [2.05, 4.69) is 20.9 Å². The molecule has 0 bridgehead atoms. The number of β-amino-alcohol motifs (C(OH)–C–C–N with tert-alkyl or cyclic N) is 1. The highest BCUT2D eigenvalue weighted by Gasteiger charge is 2.44. The fourth-order valence-corrected chi connectivity index (χ4v) is 4.34. The number of hydrogen-bond acceptors (Lipinski definition) is 7. The van der Waals surface area contributed by atoms with Crippen molar-refractivity contribution in [1.82, 2.24) is 20.9 Å². The summed E-state index contributed by atoms with van der Waals surface area (Å²) in [7, 11) is 0. The minimum absolute atomic E-state index is 0.00276. The van der Waals surface area contributed by atoms with Gasteiger partial charge >= 0.3 is 12.3 Å². The van der Waals surface area contributed by atoms with Gasteiger partial charge in [-0.3, -0.25) is 0 Å². The van der Waals surface area contributed by atoms with E-state index in [-0.39, 0.29) is 31.6 Å². The van der Waals surface area contributed by atoms with Gasteiger partial charge in [0, 0.05) is 31.2 Å². The van der Waals surface area contributed by atoms with E-state index in [1.54, 1.807) is 6.20 Å². The lowest BCUT2D eigenvalue weighted by Gasteiger charge is -2.22. The van der Waals surface area contributed by atoms with Gasteiger partial charge in [-0.1, -0.05) is 24.3 Å². The molecule has 2 saturated heterocycles. The topological polar surface area (TPSA) is 109 Å². The van der Waals surface area contributed by atoms with Crippen molar-refractivity contribution >= 4 is 6.09 Å². The van der Waals surface area contributed by atoms with Crippen LogP contribution >= 0.6 is 0 Å². The number of carbonyl (C=O) groups excluding carboxylic acids is 1. The minimum atomic E-state index is -4.20. The molecule has 5 atom stereocenters. The van der Waals surface area contributed by atoms with Gasteiger partial charge in [0.05, 0.1) is 18.2 Å². The first-order valence-corrected chi connectivity index (χ1v) is 10.9. The van der Waals surface area contributed by atoms with Gasteiger partial charge in [0.1, 0.15) is 12.2 Å². The van der Waals surface area contributed by atoms with E-state index in [1.165, 1.54) is 6.39 Å². The van der Waals surface area contributed by atoms with E-state index in [9.17, 15) is 23.1 Å². The molecule has 3 unspecified atom stereocenters. The molecule has 0 saturated carbocycles. The Bertz CT molecular complexity index is 907. The Labute approximate surface area is 188 Å². The first-order chi connectivity index (χ1) is 15.8. The molecule has 1 aromatic heterocycles. The summed E-state index contributed by atoms with van der Waals surface area (Å²) in [6, 6.07) is 7.11. The molecule has 0 aliphatic carbocycles. The van der Waals surface area contributed by atoms with Crippen LogP contribution in [0.3, 0.4) is 0 Å². The van der Waals surface area contributed by atoms with Crippen LogP contribution < -0.4 is 16.0 Å². The molecule has 1 aromatic carbocycles. The average molecular weight is 468 g/mol. The molecule has 33 heavy (non-hydrogen) atoms. The number of carbonyl (C=O) groups is 1. The quantitative estimate of drug-likeness (QED) is 0.494. The van der Waals surface area contributed by atoms with Crippen molar-refractivity contribution < 1.29 is 32.2 Å². The third-order valence-corrected chi connectivity index (χ3v) is 6.18. The molecule has 11 heteroatoms. The van der Waals surface area contributed by atoms with Crippen LogP contribution in [0, 0.1) is 5.92 Å². The maximum atomic E-state index is 12.8. The Morgan fingerprint density at radius 2 is 2.03 bits per heavy atom. The summed E-state index contributed by atoms with van der Waals surface area (Å²) in [6.07, 6.45) is -2.58. The normalized spacial score (nSPS) is 27.6. The predicted octanol–water partition coefficient (Wildman–Crippen LogP) is 2.24. The van der Waals surface area contributed by atoms with Crippen molar-refractivity contribution in [2.75, 3.05) is 19.6 Å². The molecule has 3 heterocycles. The van der Waals surface area contributed by atoms with Crippen LogP contribution in [0.1, 0.15) is 18.4 Å². The standard InChI is InChI=1S/C22H27F3N4O4/c23-22(24,25)15-8-16(28-9-15)5-6-27-21(31)33-20-17(29-10-18(20)30)7-13-1-3-14(4-2-13)19-11-26-12-32-19/h1-4,11-12,15-18,20,28-30H,5-10H2,(H,27,31)/t15-,16+,17?,18?,20?/m0/s1. The van der Waals surface area contributed by atoms with Crippen molar-refractivity contribution in [2.45, 2.75) is 49.7 Å². The minimum Gasteiger partial charge on any atom is -0.444 e. The van der Waals surface area contributed by atoms with Gasteiger partial charge in [-0.15, -0.1) is 0 Å². The zero-order chi connectivity index (χ0) is 23.4. The highest BCUT2D eigenvalue weighted by molar-refractivity contribution is 5.67. The molecular weight excluding hydrogens is 441 g/mol. The van der Waals surface area contributed by atoms with E-state index in [0.717, 1.165) is 11.1 Å². The number of halogens is 3. The van der Waals surface area contributed by atoms with Gasteiger partial charge in [-0.05, 0) is 24.8 Å². The lowest BCUT2D eigenvalue weighted by atomic mass is 10.00. The Balaban J connectivity index is 1.23. The summed E-state index contributed by atoms with van der Waals surface area (Å²) in [5.41, 5.74) is 1.88. The SMILES string of the molecule is O=C(NCC[C@@H]1C[C@H](C(F)(F)F)CN1)OC1C(O)CNC1Cc1ccc(-c2cnco2)cc1.